The fourth-order valence-corrected chi connectivity index (χ4v) is 4.89. The van der Waals surface area contributed by atoms with Crippen molar-refractivity contribution in [2.75, 3.05) is 13.1 Å². The summed E-state index contributed by atoms with van der Waals surface area (Å²) in [7, 11) is 0. The predicted molar refractivity (Wildman–Crippen MR) is 114 cm³/mol. The number of fused-ring (bicyclic) bond motifs is 1. The molecule has 2 amide bonds. The molecule has 2 aliphatic heterocycles. The normalized spacial score (nSPS) is 23.8. The first-order valence-corrected chi connectivity index (χ1v) is 11.3. The Hall–Kier alpha value is -2.29. The molecule has 2 aromatic rings. The van der Waals surface area contributed by atoms with E-state index in [1.807, 2.05) is 17.5 Å². The summed E-state index contributed by atoms with van der Waals surface area (Å²) in [4.78, 5) is 28.0. The standard InChI is InChI=1S/C22H27FN4O2S/c23-16-5-3-15(4-6-16)11-24-17-10-20-22(29)26-12-18(27(20)14-17)7-8-21(28)25-13-19-2-1-9-30-19/h1-6,9,17-18,20,24H,7-8,10-14H2,(H,25,28)(H,26,29). The Morgan fingerprint density at radius 1 is 1.23 bits per heavy atom. The molecule has 0 saturated carbocycles. The van der Waals surface area contributed by atoms with Crippen LogP contribution in [0.5, 0.6) is 0 Å². The summed E-state index contributed by atoms with van der Waals surface area (Å²) in [6.45, 7) is 2.57. The number of halogens is 1. The van der Waals surface area contributed by atoms with Crippen LogP contribution < -0.4 is 16.0 Å². The highest BCUT2D eigenvalue weighted by Crippen LogP contribution is 2.26. The molecule has 3 N–H and O–H groups in total. The lowest BCUT2D eigenvalue weighted by Gasteiger charge is -2.37. The van der Waals surface area contributed by atoms with E-state index in [9.17, 15) is 14.0 Å². The molecular weight excluding hydrogens is 403 g/mol. The second-order valence-electron chi connectivity index (χ2n) is 7.95. The van der Waals surface area contributed by atoms with Gasteiger partial charge in [0.05, 0.1) is 12.6 Å². The van der Waals surface area contributed by atoms with E-state index in [-0.39, 0.29) is 35.8 Å². The van der Waals surface area contributed by atoms with Crippen LogP contribution in [0.25, 0.3) is 0 Å². The maximum Gasteiger partial charge on any atom is 0.237 e. The van der Waals surface area contributed by atoms with Crippen LogP contribution in [0.2, 0.25) is 0 Å². The molecule has 1 aromatic carbocycles. The average Bonchev–Trinajstić information content (AvgIpc) is 3.42. The first-order chi connectivity index (χ1) is 14.6. The average molecular weight is 431 g/mol. The first kappa shape index (κ1) is 21.0. The number of thiophene rings is 1. The number of piperazine rings is 1. The number of carbonyl (C=O) groups excluding carboxylic acids is 2. The van der Waals surface area contributed by atoms with Crippen molar-refractivity contribution >= 4 is 23.2 Å². The van der Waals surface area contributed by atoms with Crippen molar-refractivity contribution in [1.29, 1.82) is 0 Å². The zero-order chi connectivity index (χ0) is 20.9. The van der Waals surface area contributed by atoms with Crippen molar-refractivity contribution in [2.45, 2.75) is 50.5 Å². The number of nitrogens with zero attached hydrogens (tertiary/aromatic N) is 1. The topological polar surface area (TPSA) is 73.5 Å². The van der Waals surface area contributed by atoms with E-state index in [0.717, 1.165) is 29.8 Å². The van der Waals surface area contributed by atoms with E-state index in [1.165, 1.54) is 12.1 Å². The molecular formula is C22H27FN4O2S. The van der Waals surface area contributed by atoms with Crippen LogP contribution >= 0.6 is 11.3 Å². The highest BCUT2D eigenvalue weighted by molar-refractivity contribution is 7.09. The highest BCUT2D eigenvalue weighted by atomic mass is 32.1. The van der Waals surface area contributed by atoms with Gasteiger partial charge in [-0.2, -0.15) is 0 Å². The molecule has 6 nitrogen and oxygen atoms in total. The van der Waals surface area contributed by atoms with Gasteiger partial charge in [0.2, 0.25) is 11.8 Å². The molecule has 2 saturated heterocycles. The van der Waals surface area contributed by atoms with Crippen molar-refractivity contribution < 1.29 is 14.0 Å². The molecule has 0 spiro atoms. The summed E-state index contributed by atoms with van der Waals surface area (Å²) in [5, 5.41) is 11.5. The van der Waals surface area contributed by atoms with Crippen molar-refractivity contribution in [3.8, 4) is 0 Å². The SMILES string of the molecule is O=C(CCC1CNC(=O)C2CC(NCc3ccc(F)cc3)CN12)NCc1cccs1. The van der Waals surface area contributed by atoms with Crippen molar-refractivity contribution in [1.82, 2.24) is 20.9 Å². The van der Waals surface area contributed by atoms with Gasteiger partial charge in [0.1, 0.15) is 5.82 Å². The molecule has 3 heterocycles. The van der Waals surface area contributed by atoms with Crippen LogP contribution in [0.4, 0.5) is 4.39 Å². The summed E-state index contributed by atoms with van der Waals surface area (Å²) < 4.78 is 13.1. The van der Waals surface area contributed by atoms with E-state index >= 15 is 0 Å². The molecule has 0 radical (unpaired) electrons. The fourth-order valence-electron chi connectivity index (χ4n) is 4.24. The minimum absolute atomic E-state index is 0.0435. The maximum absolute atomic E-state index is 13.1. The van der Waals surface area contributed by atoms with Crippen molar-refractivity contribution in [2.24, 2.45) is 0 Å². The van der Waals surface area contributed by atoms with Crippen LogP contribution in [0, 0.1) is 5.82 Å². The van der Waals surface area contributed by atoms with Gasteiger partial charge >= 0.3 is 0 Å². The lowest BCUT2D eigenvalue weighted by molar-refractivity contribution is -0.129. The molecule has 0 bridgehead atoms. The lowest BCUT2D eigenvalue weighted by Crippen LogP contribution is -2.58. The molecule has 0 aliphatic carbocycles. The van der Waals surface area contributed by atoms with Crippen LogP contribution in [0.15, 0.2) is 41.8 Å². The van der Waals surface area contributed by atoms with Gasteiger partial charge in [-0.25, -0.2) is 4.39 Å². The molecule has 8 heteroatoms. The van der Waals surface area contributed by atoms with Crippen LogP contribution in [0.1, 0.15) is 29.7 Å². The molecule has 1 aromatic heterocycles. The molecule has 2 aliphatic rings. The zero-order valence-electron chi connectivity index (χ0n) is 16.8. The summed E-state index contributed by atoms with van der Waals surface area (Å²) in [6, 6.07) is 10.7. The Morgan fingerprint density at radius 2 is 2.07 bits per heavy atom. The quantitative estimate of drug-likeness (QED) is 0.599. The third-order valence-electron chi connectivity index (χ3n) is 5.88. The second kappa shape index (κ2) is 9.68. The van der Waals surface area contributed by atoms with Gasteiger partial charge in [0.25, 0.3) is 0 Å². The minimum atomic E-state index is -0.240. The Kier molecular flexibility index (Phi) is 6.76. The lowest BCUT2D eigenvalue weighted by atomic mass is 10.0. The maximum atomic E-state index is 13.1. The molecule has 4 rings (SSSR count). The van der Waals surface area contributed by atoms with Crippen molar-refractivity contribution in [3.05, 3.63) is 58.0 Å². The summed E-state index contributed by atoms with van der Waals surface area (Å²) in [5.74, 6) is -0.128. The van der Waals surface area contributed by atoms with E-state index in [0.29, 0.717) is 26.1 Å². The summed E-state index contributed by atoms with van der Waals surface area (Å²) in [5.41, 5.74) is 1.02. The third-order valence-corrected chi connectivity index (χ3v) is 6.75. The number of amides is 2. The predicted octanol–water partition coefficient (Wildman–Crippen LogP) is 2.01. The van der Waals surface area contributed by atoms with Gasteiger partial charge in [-0.15, -0.1) is 11.3 Å². The van der Waals surface area contributed by atoms with Gasteiger partial charge in [-0.1, -0.05) is 18.2 Å². The Morgan fingerprint density at radius 3 is 2.83 bits per heavy atom. The second-order valence-corrected chi connectivity index (χ2v) is 8.98. The van der Waals surface area contributed by atoms with E-state index in [1.54, 1.807) is 23.5 Å². The largest absolute Gasteiger partial charge is 0.353 e. The summed E-state index contributed by atoms with van der Waals surface area (Å²) >= 11 is 1.63. The number of benzene rings is 1. The minimum Gasteiger partial charge on any atom is -0.353 e. The van der Waals surface area contributed by atoms with E-state index in [4.69, 9.17) is 0 Å². The first-order valence-electron chi connectivity index (χ1n) is 10.4. The van der Waals surface area contributed by atoms with Gasteiger partial charge < -0.3 is 16.0 Å². The molecule has 3 atom stereocenters. The Balaban J connectivity index is 1.26. The van der Waals surface area contributed by atoms with E-state index in [2.05, 4.69) is 20.9 Å². The van der Waals surface area contributed by atoms with Gasteiger partial charge in [0, 0.05) is 43.0 Å². The number of hydrogen-bond donors (Lipinski definition) is 3. The zero-order valence-corrected chi connectivity index (χ0v) is 17.6. The van der Waals surface area contributed by atoms with Crippen molar-refractivity contribution in [3.63, 3.8) is 0 Å². The highest BCUT2D eigenvalue weighted by Gasteiger charge is 2.43. The van der Waals surface area contributed by atoms with Gasteiger partial charge in [-0.3, -0.25) is 14.5 Å². The summed E-state index contributed by atoms with van der Waals surface area (Å²) in [6.07, 6.45) is 1.91. The van der Waals surface area contributed by atoms with Gasteiger partial charge in [0.15, 0.2) is 0 Å². The Bertz CT molecular complexity index is 859. The number of nitrogens with one attached hydrogen (secondary N) is 3. The molecule has 30 heavy (non-hydrogen) atoms. The molecule has 160 valence electrons. The monoisotopic (exact) mass is 430 g/mol. The number of hydrogen-bond acceptors (Lipinski definition) is 5. The fraction of sp³-hybridized carbons (Fsp3) is 0.455. The van der Waals surface area contributed by atoms with Crippen LogP contribution in [-0.2, 0) is 22.7 Å². The molecule has 3 unspecified atom stereocenters. The van der Waals surface area contributed by atoms with Crippen LogP contribution in [-0.4, -0.2) is 47.9 Å². The van der Waals surface area contributed by atoms with E-state index < -0.39 is 0 Å². The smallest absolute Gasteiger partial charge is 0.237 e. The van der Waals surface area contributed by atoms with Crippen LogP contribution in [0.3, 0.4) is 0 Å². The number of carbonyl (C=O) groups is 2. The third kappa shape index (κ3) is 5.24. The molecule has 2 fully saturated rings. The Labute approximate surface area is 179 Å². The number of rotatable bonds is 8. The van der Waals surface area contributed by atoms with Gasteiger partial charge in [-0.05, 0) is 42.0 Å².